The zero-order valence-electron chi connectivity index (χ0n) is 16.7. The summed E-state index contributed by atoms with van der Waals surface area (Å²) in [4.78, 5) is 24.5. The summed E-state index contributed by atoms with van der Waals surface area (Å²) in [5, 5.41) is 0.967. The number of fused-ring (bicyclic) bond motifs is 2. The summed E-state index contributed by atoms with van der Waals surface area (Å²) >= 11 is 0. The largest absolute Gasteiger partial charge is 0.435 e. The molecule has 0 saturated heterocycles. The first kappa shape index (κ1) is 19.7. The fourth-order valence-electron chi connectivity index (χ4n) is 3.63. The predicted molar refractivity (Wildman–Crippen MR) is 120 cm³/mol. The topological polar surface area (TPSA) is 70.8 Å². The van der Waals surface area contributed by atoms with Gasteiger partial charge in [0.15, 0.2) is 5.78 Å². The second kappa shape index (κ2) is 8.11. The van der Waals surface area contributed by atoms with E-state index >= 15 is 0 Å². The summed E-state index contributed by atoms with van der Waals surface area (Å²) in [6, 6.07) is 20.9. The van der Waals surface area contributed by atoms with E-state index in [0.29, 0.717) is 17.0 Å². The quantitative estimate of drug-likeness (QED) is 0.254. The third-order valence-electron chi connectivity index (χ3n) is 5.15. The van der Waals surface area contributed by atoms with Gasteiger partial charge in [-0.05, 0) is 48.5 Å². The molecule has 0 spiro atoms. The van der Waals surface area contributed by atoms with Gasteiger partial charge in [0, 0.05) is 28.2 Å². The molecule has 0 aliphatic carbocycles. The molecule has 2 N–H and O–H groups in total. The number of benzene rings is 3. The number of aromatic nitrogens is 3. The molecule has 0 aliphatic heterocycles. The molecule has 7 heteroatoms. The van der Waals surface area contributed by atoms with Gasteiger partial charge in [0.05, 0.1) is 16.6 Å². The van der Waals surface area contributed by atoms with E-state index in [1.54, 1.807) is 6.08 Å². The SMILES string of the molecule is O=C(/C(=C\c1c[nH]c2ccccc12)c1nc2ccccc2[nH]1)c1ccc(OC(F)F)cc1. The summed E-state index contributed by atoms with van der Waals surface area (Å²) in [6.07, 6.45) is 3.61. The molecule has 5 rings (SSSR count). The maximum Gasteiger partial charge on any atom is 0.387 e. The number of H-pyrrole nitrogens is 2. The van der Waals surface area contributed by atoms with Gasteiger partial charge in [0.2, 0.25) is 0 Å². The van der Waals surface area contributed by atoms with E-state index in [9.17, 15) is 13.6 Å². The van der Waals surface area contributed by atoms with Crippen LogP contribution in [0.25, 0.3) is 33.6 Å². The number of alkyl halides is 2. The van der Waals surface area contributed by atoms with Gasteiger partial charge in [0.1, 0.15) is 11.6 Å². The van der Waals surface area contributed by atoms with E-state index in [2.05, 4.69) is 19.7 Å². The van der Waals surface area contributed by atoms with E-state index in [-0.39, 0.29) is 11.5 Å². The Morgan fingerprint density at radius 1 is 0.938 bits per heavy atom. The molecule has 0 bridgehead atoms. The summed E-state index contributed by atoms with van der Waals surface area (Å²) in [7, 11) is 0. The van der Waals surface area contributed by atoms with Crippen molar-refractivity contribution in [1.29, 1.82) is 0 Å². The molecule has 0 amide bonds. The van der Waals surface area contributed by atoms with E-state index in [1.165, 1.54) is 24.3 Å². The fourth-order valence-corrected chi connectivity index (χ4v) is 3.63. The maximum absolute atomic E-state index is 13.5. The molecule has 0 atom stereocenters. The molecular formula is C25H17F2N3O2. The lowest BCUT2D eigenvalue weighted by Gasteiger charge is -2.07. The van der Waals surface area contributed by atoms with Gasteiger partial charge >= 0.3 is 6.61 Å². The molecule has 0 aliphatic rings. The summed E-state index contributed by atoms with van der Waals surface area (Å²) in [5.74, 6) is 0.120. The minimum atomic E-state index is -2.93. The summed E-state index contributed by atoms with van der Waals surface area (Å²) in [5.41, 5.74) is 4.01. The van der Waals surface area contributed by atoms with Gasteiger partial charge in [-0.1, -0.05) is 30.3 Å². The summed E-state index contributed by atoms with van der Waals surface area (Å²) in [6.45, 7) is -2.93. The Morgan fingerprint density at radius 2 is 1.66 bits per heavy atom. The number of nitrogens with one attached hydrogen (secondary N) is 2. The average Bonchev–Trinajstić information content (AvgIpc) is 3.41. The van der Waals surface area contributed by atoms with Crippen molar-refractivity contribution in [2.75, 3.05) is 0 Å². The lowest BCUT2D eigenvalue weighted by Crippen LogP contribution is -2.05. The molecule has 0 unspecified atom stereocenters. The lowest BCUT2D eigenvalue weighted by molar-refractivity contribution is -0.0498. The molecule has 5 nitrogen and oxygen atoms in total. The number of hydrogen-bond donors (Lipinski definition) is 2. The van der Waals surface area contributed by atoms with Gasteiger partial charge in [-0.15, -0.1) is 0 Å². The Kier molecular flexibility index (Phi) is 4.99. The molecule has 2 aromatic heterocycles. The Labute approximate surface area is 181 Å². The second-order valence-electron chi connectivity index (χ2n) is 7.18. The minimum Gasteiger partial charge on any atom is -0.435 e. The van der Waals surface area contributed by atoms with Crippen LogP contribution in [0.5, 0.6) is 5.75 Å². The zero-order chi connectivity index (χ0) is 22.1. The van der Waals surface area contributed by atoms with Crippen LogP contribution in [-0.4, -0.2) is 27.3 Å². The number of allylic oxidation sites excluding steroid dienone is 1. The van der Waals surface area contributed by atoms with Crippen molar-refractivity contribution in [3.8, 4) is 5.75 Å². The van der Waals surface area contributed by atoms with Crippen LogP contribution in [0.2, 0.25) is 0 Å². The van der Waals surface area contributed by atoms with Crippen LogP contribution in [0.1, 0.15) is 21.7 Å². The minimum absolute atomic E-state index is 0.0116. The number of rotatable bonds is 6. The predicted octanol–water partition coefficient (Wildman–Crippen LogP) is 6.07. The smallest absolute Gasteiger partial charge is 0.387 e. The maximum atomic E-state index is 13.5. The number of hydrogen-bond acceptors (Lipinski definition) is 3. The van der Waals surface area contributed by atoms with Crippen LogP contribution in [-0.2, 0) is 0 Å². The molecule has 5 aromatic rings. The normalized spacial score (nSPS) is 12.0. The highest BCUT2D eigenvalue weighted by Crippen LogP contribution is 2.27. The number of Topliss-reactive ketones (excluding diaryl/α,β-unsaturated/α-hetero) is 1. The number of aromatic amines is 2. The van der Waals surface area contributed by atoms with Gasteiger partial charge < -0.3 is 14.7 Å². The van der Waals surface area contributed by atoms with E-state index in [1.807, 2.05) is 54.7 Å². The molecule has 158 valence electrons. The average molecular weight is 429 g/mol. The van der Waals surface area contributed by atoms with Crippen LogP contribution in [0.15, 0.2) is 79.0 Å². The number of halogens is 2. The number of carbonyl (C=O) groups excluding carboxylic acids is 1. The highest BCUT2D eigenvalue weighted by molar-refractivity contribution is 6.32. The van der Waals surface area contributed by atoms with Gasteiger partial charge in [-0.3, -0.25) is 4.79 Å². The van der Waals surface area contributed by atoms with Gasteiger partial charge in [-0.2, -0.15) is 8.78 Å². The highest BCUT2D eigenvalue weighted by atomic mass is 19.3. The molecule has 2 heterocycles. The van der Waals surface area contributed by atoms with Crippen LogP contribution < -0.4 is 4.74 Å². The number of ether oxygens (including phenoxy) is 1. The Balaban J connectivity index is 1.61. The Morgan fingerprint density at radius 3 is 2.41 bits per heavy atom. The fraction of sp³-hybridized carbons (Fsp3) is 0.0400. The first-order valence-corrected chi connectivity index (χ1v) is 9.91. The number of imidazole rings is 1. The van der Waals surface area contributed by atoms with Crippen LogP contribution >= 0.6 is 0 Å². The molecular weight excluding hydrogens is 412 g/mol. The van der Waals surface area contributed by atoms with Crippen molar-refractivity contribution in [3.05, 3.63) is 95.9 Å². The Bertz CT molecular complexity index is 1420. The molecule has 0 saturated carbocycles. The lowest BCUT2D eigenvalue weighted by atomic mass is 10.00. The Hall–Kier alpha value is -4.26. The first-order chi connectivity index (χ1) is 15.6. The van der Waals surface area contributed by atoms with Crippen molar-refractivity contribution in [1.82, 2.24) is 15.0 Å². The number of ketones is 1. The molecule has 0 radical (unpaired) electrons. The number of nitrogens with zero attached hydrogens (tertiary/aromatic N) is 1. The monoisotopic (exact) mass is 429 g/mol. The highest BCUT2D eigenvalue weighted by Gasteiger charge is 2.19. The van der Waals surface area contributed by atoms with Crippen molar-refractivity contribution < 1.29 is 18.3 Å². The van der Waals surface area contributed by atoms with Crippen molar-refractivity contribution in [2.45, 2.75) is 6.61 Å². The third kappa shape index (κ3) is 3.76. The number of carbonyl (C=O) groups is 1. The molecule has 3 aromatic carbocycles. The van der Waals surface area contributed by atoms with Crippen LogP contribution in [0.3, 0.4) is 0 Å². The van der Waals surface area contributed by atoms with Crippen molar-refractivity contribution >= 4 is 39.4 Å². The van der Waals surface area contributed by atoms with E-state index < -0.39 is 6.61 Å². The first-order valence-electron chi connectivity index (χ1n) is 9.91. The standard InChI is InChI=1S/C25H17F2N3O2/c26-25(27)32-17-11-9-15(10-12-17)23(31)19(24-29-21-7-3-4-8-22(21)30-24)13-16-14-28-20-6-2-1-5-18(16)20/h1-14,25,28H,(H,29,30)/b19-13+. The number of para-hydroxylation sites is 3. The molecule has 32 heavy (non-hydrogen) atoms. The molecule has 0 fully saturated rings. The van der Waals surface area contributed by atoms with Gasteiger partial charge in [0.25, 0.3) is 0 Å². The second-order valence-corrected chi connectivity index (χ2v) is 7.18. The summed E-state index contributed by atoms with van der Waals surface area (Å²) < 4.78 is 29.3. The van der Waals surface area contributed by atoms with Crippen LogP contribution in [0.4, 0.5) is 8.78 Å². The van der Waals surface area contributed by atoms with Crippen molar-refractivity contribution in [2.24, 2.45) is 0 Å². The van der Waals surface area contributed by atoms with Crippen LogP contribution in [0, 0.1) is 0 Å². The van der Waals surface area contributed by atoms with E-state index in [4.69, 9.17) is 0 Å². The third-order valence-corrected chi connectivity index (χ3v) is 5.15. The zero-order valence-corrected chi connectivity index (χ0v) is 16.7. The van der Waals surface area contributed by atoms with E-state index in [0.717, 1.165) is 27.5 Å². The van der Waals surface area contributed by atoms with Gasteiger partial charge in [-0.25, -0.2) is 4.98 Å². The van der Waals surface area contributed by atoms with Crippen molar-refractivity contribution in [3.63, 3.8) is 0 Å².